The Morgan fingerprint density at radius 1 is 1.06 bits per heavy atom. The van der Waals surface area contributed by atoms with Gasteiger partial charge in [0.2, 0.25) is 5.91 Å². The van der Waals surface area contributed by atoms with Gasteiger partial charge in [-0.1, -0.05) is 35.9 Å². The normalized spacial score (nSPS) is 15.7. The minimum atomic E-state index is -0.185. The van der Waals surface area contributed by atoms with Gasteiger partial charge in [-0.2, -0.15) is 0 Å². The molecule has 0 radical (unpaired) electrons. The quantitative estimate of drug-likeness (QED) is 0.596. The molecule has 0 bridgehead atoms. The summed E-state index contributed by atoms with van der Waals surface area (Å²) < 4.78 is 5.78. The number of likely N-dealkylation sites (tertiary alicyclic amines) is 1. The Balaban J connectivity index is 1.25. The van der Waals surface area contributed by atoms with Gasteiger partial charge in [0.05, 0.1) is 5.92 Å². The fraction of sp³-hybridized carbons (Fsp3) is 0.296. The average molecular weight is 444 g/mol. The predicted octanol–water partition coefficient (Wildman–Crippen LogP) is 4.14. The van der Waals surface area contributed by atoms with Crippen LogP contribution in [0.5, 0.6) is 5.75 Å². The first-order chi connectivity index (χ1) is 16.1. The van der Waals surface area contributed by atoms with E-state index in [1.54, 1.807) is 17.3 Å². The largest absolute Gasteiger partial charge is 0.489 e. The molecule has 0 aliphatic carbocycles. The molecule has 2 aromatic carbocycles. The predicted molar refractivity (Wildman–Crippen MR) is 127 cm³/mol. The van der Waals surface area contributed by atoms with Crippen molar-refractivity contribution in [3.63, 3.8) is 0 Å². The van der Waals surface area contributed by atoms with Crippen molar-refractivity contribution in [1.29, 1.82) is 0 Å². The standard InChI is InChI=1S/C27H29N3O3/c1-20-6-10-23(11-7-20)27(32)30-15-3-5-24(18-30)26(31)29-17-21-8-12-25(13-9-21)33-19-22-4-2-14-28-16-22/h2,4,6-14,16,24H,3,5,15,17-19H2,1H3,(H,29,31). The van der Waals surface area contributed by atoms with Crippen LogP contribution in [0.4, 0.5) is 0 Å². The molecule has 6 heteroatoms. The molecular formula is C27H29N3O3. The third-order valence-electron chi connectivity index (χ3n) is 5.90. The molecule has 0 saturated carbocycles. The molecule has 2 amide bonds. The van der Waals surface area contributed by atoms with Gasteiger partial charge in [0, 0.05) is 43.2 Å². The maximum Gasteiger partial charge on any atom is 0.253 e. The van der Waals surface area contributed by atoms with Gasteiger partial charge in [-0.05, 0) is 55.7 Å². The molecule has 1 saturated heterocycles. The second-order valence-corrected chi connectivity index (χ2v) is 8.47. The van der Waals surface area contributed by atoms with E-state index in [9.17, 15) is 9.59 Å². The number of carbonyl (C=O) groups is 2. The zero-order valence-electron chi connectivity index (χ0n) is 18.9. The molecule has 1 unspecified atom stereocenters. The molecule has 6 nitrogen and oxygen atoms in total. The van der Waals surface area contributed by atoms with Gasteiger partial charge in [0.15, 0.2) is 0 Å². The summed E-state index contributed by atoms with van der Waals surface area (Å²) in [5.41, 5.74) is 3.81. The highest BCUT2D eigenvalue weighted by Crippen LogP contribution is 2.20. The highest BCUT2D eigenvalue weighted by Gasteiger charge is 2.28. The lowest BCUT2D eigenvalue weighted by atomic mass is 9.96. The second-order valence-electron chi connectivity index (χ2n) is 8.47. The number of aromatic nitrogens is 1. The number of ether oxygens (including phenoxy) is 1. The van der Waals surface area contributed by atoms with E-state index < -0.39 is 0 Å². The van der Waals surface area contributed by atoms with E-state index in [1.165, 1.54) is 0 Å². The molecule has 170 valence electrons. The topological polar surface area (TPSA) is 71.5 Å². The van der Waals surface area contributed by atoms with Gasteiger partial charge in [0.1, 0.15) is 12.4 Å². The number of piperidine rings is 1. The molecule has 33 heavy (non-hydrogen) atoms. The van der Waals surface area contributed by atoms with Gasteiger partial charge in [0.25, 0.3) is 5.91 Å². The second kappa shape index (κ2) is 10.8. The van der Waals surface area contributed by atoms with Crippen LogP contribution in [0, 0.1) is 12.8 Å². The van der Waals surface area contributed by atoms with E-state index in [0.717, 1.165) is 35.3 Å². The van der Waals surface area contributed by atoms with Gasteiger partial charge in [-0.25, -0.2) is 0 Å². The minimum absolute atomic E-state index is 0.00521. The molecule has 1 aliphatic rings. The number of nitrogens with zero attached hydrogens (tertiary/aromatic N) is 2. The van der Waals surface area contributed by atoms with E-state index in [4.69, 9.17) is 4.74 Å². The van der Waals surface area contributed by atoms with Crippen LogP contribution in [0.1, 0.15) is 39.9 Å². The molecule has 1 N–H and O–H groups in total. The molecule has 3 aromatic rings. The summed E-state index contributed by atoms with van der Waals surface area (Å²) >= 11 is 0. The third kappa shape index (κ3) is 6.19. The van der Waals surface area contributed by atoms with Crippen LogP contribution in [0.3, 0.4) is 0 Å². The first-order valence-corrected chi connectivity index (χ1v) is 11.3. The van der Waals surface area contributed by atoms with E-state index in [0.29, 0.717) is 31.8 Å². The lowest BCUT2D eigenvalue weighted by Crippen LogP contribution is -2.45. The van der Waals surface area contributed by atoms with E-state index in [2.05, 4.69) is 10.3 Å². The number of aryl methyl sites for hydroxylation is 1. The van der Waals surface area contributed by atoms with E-state index >= 15 is 0 Å². The molecule has 4 rings (SSSR count). The number of pyridine rings is 1. The van der Waals surface area contributed by atoms with Crippen molar-refractivity contribution in [2.24, 2.45) is 5.92 Å². The monoisotopic (exact) mass is 443 g/mol. The van der Waals surface area contributed by atoms with Gasteiger partial charge in [-0.3, -0.25) is 14.6 Å². The molecule has 1 aliphatic heterocycles. The van der Waals surface area contributed by atoms with Crippen molar-refractivity contribution < 1.29 is 14.3 Å². The number of hydrogen-bond acceptors (Lipinski definition) is 4. The van der Waals surface area contributed by atoms with Crippen LogP contribution >= 0.6 is 0 Å². The Kier molecular flexibility index (Phi) is 7.35. The van der Waals surface area contributed by atoms with Crippen molar-refractivity contribution in [2.75, 3.05) is 13.1 Å². The number of rotatable bonds is 7. The maximum absolute atomic E-state index is 12.8. The fourth-order valence-corrected chi connectivity index (χ4v) is 3.94. The van der Waals surface area contributed by atoms with Crippen LogP contribution in [-0.4, -0.2) is 34.8 Å². The van der Waals surface area contributed by atoms with E-state index in [-0.39, 0.29) is 17.7 Å². The summed E-state index contributed by atoms with van der Waals surface area (Å²) in [4.78, 5) is 31.5. The Morgan fingerprint density at radius 2 is 1.85 bits per heavy atom. The van der Waals surface area contributed by atoms with Crippen molar-refractivity contribution in [1.82, 2.24) is 15.2 Å². The van der Waals surface area contributed by atoms with Crippen LogP contribution in [0.2, 0.25) is 0 Å². The SMILES string of the molecule is Cc1ccc(C(=O)N2CCCC(C(=O)NCc3ccc(OCc4cccnc4)cc3)C2)cc1. The average Bonchev–Trinajstić information content (AvgIpc) is 2.87. The highest BCUT2D eigenvalue weighted by molar-refractivity contribution is 5.94. The molecule has 1 fully saturated rings. The molecule has 2 heterocycles. The summed E-state index contributed by atoms with van der Waals surface area (Å²) in [6, 6.07) is 19.1. The Labute approximate surface area is 194 Å². The molecule has 1 aromatic heterocycles. The van der Waals surface area contributed by atoms with Crippen LogP contribution in [0.15, 0.2) is 73.1 Å². The number of carbonyl (C=O) groups excluding carboxylic acids is 2. The Hall–Kier alpha value is -3.67. The molecule has 1 atom stereocenters. The smallest absolute Gasteiger partial charge is 0.253 e. The Morgan fingerprint density at radius 3 is 2.58 bits per heavy atom. The lowest BCUT2D eigenvalue weighted by Gasteiger charge is -2.32. The van der Waals surface area contributed by atoms with Crippen molar-refractivity contribution in [3.8, 4) is 5.75 Å². The molecule has 0 spiro atoms. The number of benzene rings is 2. The number of nitrogens with one attached hydrogen (secondary N) is 1. The Bertz CT molecular complexity index is 1070. The third-order valence-corrected chi connectivity index (χ3v) is 5.90. The lowest BCUT2D eigenvalue weighted by molar-refractivity contribution is -0.126. The first kappa shape index (κ1) is 22.5. The van der Waals surface area contributed by atoms with Crippen molar-refractivity contribution >= 4 is 11.8 Å². The summed E-state index contributed by atoms with van der Waals surface area (Å²) in [5, 5.41) is 3.03. The van der Waals surface area contributed by atoms with Crippen LogP contribution < -0.4 is 10.1 Å². The van der Waals surface area contributed by atoms with E-state index in [1.807, 2.05) is 67.6 Å². The zero-order chi connectivity index (χ0) is 23.0. The maximum atomic E-state index is 12.8. The van der Waals surface area contributed by atoms with Crippen molar-refractivity contribution in [2.45, 2.75) is 32.9 Å². The molecular weight excluding hydrogens is 414 g/mol. The first-order valence-electron chi connectivity index (χ1n) is 11.3. The summed E-state index contributed by atoms with van der Waals surface area (Å²) in [5.74, 6) is 0.574. The highest BCUT2D eigenvalue weighted by atomic mass is 16.5. The summed E-state index contributed by atoms with van der Waals surface area (Å²) in [6.07, 6.45) is 5.15. The summed E-state index contributed by atoms with van der Waals surface area (Å²) in [6.45, 7) is 4.06. The zero-order valence-corrected chi connectivity index (χ0v) is 18.9. The summed E-state index contributed by atoms with van der Waals surface area (Å²) in [7, 11) is 0. The van der Waals surface area contributed by atoms with Gasteiger partial charge in [-0.15, -0.1) is 0 Å². The fourth-order valence-electron chi connectivity index (χ4n) is 3.94. The number of amides is 2. The van der Waals surface area contributed by atoms with Crippen LogP contribution in [-0.2, 0) is 17.9 Å². The number of hydrogen-bond donors (Lipinski definition) is 1. The van der Waals surface area contributed by atoms with Gasteiger partial charge < -0.3 is 15.0 Å². The van der Waals surface area contributed by atoms with Crippen LogP contribution in [0.25, 0.3) is 0 Å². The minimum Gasteiger partial charge on any atom is -0.489 e. The van der Waals surface area contributed by atoms with Crippen molar-refractivity contribution in [3.05, 3.63) is 95.3 Å². The van der Waals surface area contributed by atoms with Gasteiger partial charge >= 0.3 is 0 Å².